The number of amides is 1. The number of hydrogen-bond acceptors (Lipinski definition) is 3. The van der Waals surface area contributed by atoms with E-state index in [-0.39, 0.29) is 11.8 Å². The summed E-state index contributed by atoms with van der Waals surface area (Å²) < 4.78 is 0. The zero-order valence-corrected chi connectivity index (χ0v) is 9.24. The maximum Gasteiger partial charge on any atom is 0.224 e. The first-order valence-corrected chi connectivity index (χ1v) is 6.51. The van der Waals surface area contributed by atoms with Gasteiger partial charge >= 0.3 is 0 Å². The van der Waals surface area contributed by atoms with Gasteiger partial charge in [0.1, 0.15) is 0 Å². The van der Waals surface area contributed by atoms with Crippen molar-refractivity contribution in [1.29, 1.82) is 0 Å². The third-order valence-corrected chi connectivity index (χ3v) is 4.36. The number of hydrogen-bond donors (Lipinski definition) is 2. The van der Waals surface area contributed by atoms with Crippen LogP contribution in [0.4, 0.5) is 0 Å². The van der Waals surface area contributed by atoms with Crippen molar-refractivity contribution in [2.75, 3.05) is 25.4 Å². The normalized spacial score (nSPS) is 32.0. The first-order chi connectivity index (χ1) is 6.86. The molecule has 3 nitrogen and oxygen atoms in total. The van der Waals surface area contributed by atoms with Crippen molar-refractivity contribution >= 4 is 17.7 Å². The molecular weight excluding hydrogens is 196 g/mol. The third kappa shape index (κ3) is 2.64. The van der Waals surface area contributed by atoms with Gasteiger partial charge in [-0.1, -0.05) is 0 Å². The second kappa shape index (κ2) is 5.03. The van der Waals surface area contributed by atoms with Gasteiger partial charge in [0.25, 0.3) is 0 Å². The van der Waals surface area contributed by atoms with Gasteiger partial charge < -0.3 is 10.6 Å². The van der Waals surface area contributed by atoms with Gasteiger partial charge in [-0.3, -0.25) is 4.79 Å². The van der Waals surface area contributed by atoms with Crippen LogP contribution in [0.3, 0.4) is 0 Å². The minimum atomic E-state index is 0.224. The van der Waals surface area contributed by atoms with Gasteiger partial charge in [-0.25, -0.2) is 0 Å². The topological polar surface area (TPSA) is 41.1 Å². The quantitative estimate of drug-likeness (QED) is 0.723. The molecule has 80 valence electrons. The van der Waals surface area contributed by atoms with Crippen molar-refractivity contribution in [2.45, 2.75) is 24.5 Å². The van der Waals surface area contributed by atoms with Gasteiger partial charge in [0.05, 0.1) is 5.92 Å². The number of carbonyl (C=O) groups excluding carboxylic acids is 1. The van der Waals surface area contributed by atoms with E-state index < -0.39 is 0 Å². The SMILES string of the molecule is O=C(NCC1CCCS1)[C@H]1CCNC1. The van der Waals surface area contributed by atoms with Crippen LogP contribution in [0.1, 0.15) is 19.3 Å². The molecule has 14 heavy (non-hydrogen) atoms. The molecule has 2 fully saturated rings. The second-order valence-electron chi connectivity index (χ2n) is 4.07. The maximum absolute atomic E-state index is 11.6. The van der Waals surface area contributed by atoms with E-state index in [1.165, 1.54) is 18.6 Å². The zero-order chi connectivity index (χ0) is 9.80. The lowest BCUT2D eigenvalue weighted by Crippen LogP contribution is -2.35. The van der Waals surface area contributed by atoms with Crippen LogP contribution in [-0.4, -0.2) is 36.5 Å². The predicted molar refractivity (Wildman–Crippen MR) is 59.5 cm³/mol. The largest absolute Gasteiger partial charge is 0.355 e. The van der Waals surface area contributed by atoms with E-state index in [1.807, 2.05) is 11.8 Å². The lowest BCUT2D eigenvalue weighted by Gasteiger charge is -2.13. The fourth-order valence-corrected chi connectivity index (χ4v) is 3.24. The van der Waals surface area contributed by atoms with Crippen molar-refractivity contribution < 1.29 is 4.79 Å². The molecular formula is C10H18N2OS. The fourth-order valence-electron chi connectivity index (χ4n) is 2.04. The molecule has 0 bridgehead atoms. The van der Waals surface area contributed by atoms with Gasteiger partial charge in [-0.2, -0.15) is 11.8 Å². The molecule has 2 aliphatic rings. The van der Waals surface area contributed by atoms with Crippen LogP contribution in [-0.2, 0) is 4.79 Å². The maximum atomic E-state index is 11.6. The van der Waals surface area contributed by atoms with Crippen molar-refractivity contribution in [3.63, 3.8) is 0 Å². The van der Waals surface area contributed by atoms with Crippen molar-refractivity contribution in [3.05, 3.63) is 0 Å². The summed E-state index contributed by atoms with van der Waals surface area (Å²) in [5, 5.41) is 6.96. The lowest BCUT2D eigenvalue weighted by molar-refractivity contribution is -0.124. The Morgan fingerprint density at radius 2 is 2.43 bits per heavy atom. The summed E-state index contributed by atoms with van der Waals surface area (Å²) in [6.07, 6.45) is 3.59. The van der Waals surface area contributed by atoms with E-state index in [0.29, 0.717) is 5.25 Å². The molecule has 0 aliphatic carbocycles. The average molecular weight is 214 g/mol. The van der Waals surface area contributed by atoms with Gasteiger partial charge in [-0.15, -0.1) is 0 Å². The third-order valence-electron chi connectivity index (χ3n) is 2.96. The Hall–Kier alpha value is -0.220. The Morgan fingerprint density at radius 1 is 1.50 bits per heavy atom. The molecule has 0 aromatic heterocycles. The van der Waals surface area contributed by atoms with Crippen LogP contribution in [0.25, 0.3) is 0 Å². The van der Waals surface area contributed by atoms with E-state index in [0.717, 1.165) is 26.1 Å². The van der Waals surface area contributed by atoms with Gasteiger partial charge in [0, 0.05) is 18.3 Å². The summed E-state index contributed by atoms with van der Waals surface area (Å²) in [6.45, 7) is 2.74. The first-order valence-electron chi connectivity index (χ1n) is 5.46. The highest BCUT2D eigenvalue weighted by molar-refractivity contribution is 8.00. The Balaban J connectivity index is 1.66. The molecule has 0 spiro atoms. The molecule has 0 saturated carbocycles. The molecule has 2 saturated heterocycles. The standard InChI is InChI=1S/C10H18N2OS/c13-10(8-3-4-11-6-8)12-7-9-2-1-5-14-9/h8-9,11H,1-7H2,(H,12,13)/t8-,9?/m0/s1. The molecule has 4 heteroatoms. The Labute approximate surface area is 89.4 Å². The van der Waals surface area contributed by atoms with E-state index >= 15 is 0 Å². The van der Waals surface area contributed by atoms with Crippen LogP contribution in [0.2, 0.25) is 0 Å². The van der Waals surface area contributed by atoms with Crippen LogP contribution in [0.5, 0.6) is 0 Å². The smallest absolute Gasteiger partial charge is 0.224 e. The Morgan fingerprint density at radius 3 is 3.07 bits per heavy atom. The van der Waals surface area contributed by atoms with Crippen LogP contribution < -0.4 is 10.6 Å². The van der Waals surface area contributed by atoms with Crippen molar-refractivity contribution in [3.8, 4) is 0 Å². The highest BCUT2D eigenvalue weighted by Crippen LogP contribution is 2.25. The van der Waals surface area contributed by atoms with E-state index in [1.54, 1.807) is 0 Å². The van der Waals surface area contributed by atoms with Crippen molar-refractivity contribution in [1.82, 2.24) is 10.6 Å². The number of rotatable bonds is 3. The van der Waals surface area contributed by atoms with Crippen LogP contribution in [0, 0.1) is 5.92 Å². The fraction of sp³-hybridized carbons (Fsp3) is 0.900. The van der Waals surface area contributed by atoms with Gasteiger partial charge in [-0.05, 0) is 31.6 Å². The molecule has 2 heterocycles. The zero-order valence-electron chi connectivity index (χ0n) is 8.42. The molecule has 0 radical (unpaired) electrons. The molecule has 0 aromatic carbocycles. The number of nitrogens with one attached hydrogen (secondary N) is 2. The van der Waals surface area contributed by atoms with Crippen LogP contribution in [0.15, 0.2) is 0 Å². The summed E-state index contributed by atoms with van der Waals surface area (Å²) in [4.78, 5) is 11.6. The van der Waals surface area contributed by atoms with Crippen molar-refractivity contribution in [2.24, 2.45) is 5.92 Å². The second-order valence-corrected chi connectivity index (χ2v) is 5.48. The van der Waals surface area contributed by atoms with Gasteiger partial charge in [0.15, 0.2) is 0 Å². The Bertz CT molecular complexity index is 198. The van der Waals surface area contributed by atoms with E-state index in [2.05, 4.69) is 10.6 Å². The monoisotopic (exact) mass is 214 g/mol. The summed E-state index contributed by atoms with van der Waals surface area (Å²) in [5.41, 5.74) is 0. The molecule has 0 aromatic rings. The number of thioether (sulfide) groups is 1. The van der Waals surface area contributed by atoms with E-state index in [9.17, 15) is 4.79 Å². The first kappa shape index (κ1) is 10.3. The molecule has 1 unspecified atom stereocenters. The summed E-state index contributed by atoms with van der Waals surface area (Å²) in [5.74, 6) is 1.75. The number of carbonyl (C=O) groups is 1. The average Bonchev–Trinajstić information content (AvgIpc) is 2.87. The Kier molecular flexibility index (Phi) is 3.70. The minimum absolute atomic E-state index is 0.224. The molecule has 2 rings (SSSR count). The molecule has 2 atom stereocenters. The highest BCUT2D eigenvalue weighted by Gasteiger charge is 2.23. The molecule has 1 amide bonds. The minimum Gasteiger partial charge on any atom is -0.355 e. The molecule has 2 aliphatic heterocycles. The molecule has 2 N–H and O–H groups in total. The van der Waals surface area contributed by atoms with E-state index in [4.69, 9.17) is 0 Å². The summed E-state index contributed by atoms with van der Waals surface area (Å²) in [7, 11) is 0. The van der Waals surface area contributed by atoms with Crippen LogP contribution >= 0.6 is 11.8 Å². The summed E-state index contributed by atoms with van der Waals surface area (Å²) >= 11 is 2.00. The highest BCUT2D eigenvalue weighted by atomic mass is 32.2. The van der Waals surface area contributed by atoms with Gasteiger partial charge in [0.2, 0.25) is 5.91 Å². The summed E-state index contributed by atoms with van der Waals surface area (Å²) in [6, 6.07) is 0. The predicted octanol–water partition coefficient (Wildman–Crippen LogP) is 0.608. The lowest BCUT2D eigenvalue weighted by atomic mass is 10.1.